The number of hydrogen-bond acceptors (Lipinski definition) is 12. The first-order chi connectivity index (χ1) is 17.4. The molecule has 14 nitrogen and oxygen atoms in total. The lowest BCUT2D eigenvalue weighted by Gasteiger charge is -2.49. The lowest BCUT2D eigenvalue weighted by molar-refractivity contribution is -0.147. The van der Waals surface area contributed by atoms with Gasteiger partial charge in [-0.15, -0.1) is 16.9 Å². The normalized spacial score (nSPS) is 19.5. The van der Waals surface area contributed by atoms with E-state index in [-0.39, 0.29) is 17.0 Å². The number of amidine groups is 1. The number of amides is 1. The second-order valence-corrected chi connectivity index (χ2v) is 10.5. The molecule has 17 heteroatoms. The van der Waals surface area contributed by atoms with Crippen LogP contribution in [0.4, 0.5) is 5.95 Å². The van der Waals surface area contributed by atoms with Crippen LogP contribution in [0, 0.1) is 11.5 Å². The Kier molecular flexibility index (Phi) is 8.38. The van der Waals surface area contributed by atoms with Gasteiger partial charge in [-0.3, -0.25) is 20.0 Å². The van der Waals surface area contributed by atoms with Crippen molar-refractivity contribution in [1.29, 1.82) is 5.26 Å². The van der Waals surface area contributed by atoms with Crippen LogP contribution in [0.2, 0.25) is 0 Å². The molecular formula is C19H23N11O3S3. The van der Waals surface area contributed by atoms with Crippen LogP contribution in [0.15, 0.2) is 27.6 Å². The molecule has 0 saturated carbocycles. The number of imidazole rings is 1. The van der Waals surface area contributed by atoms with Gasteiger partial charge in [0, 0.05) is 30.8 Å². The number of anilines is 1. The summed E-state index contributed by atoms with van der Waals surface area (Å²) in [7, 11) is 1.71. The summed E-state index contributed by atoms with van der Waals surface area (Å²) < 4.78 is 1.51. The Morgan fingerprint density at radius 2 is 2.33 bits per heavy atom. The quantitative estimate of drug-likeness (QED) is 0.0609. The van der Waals surface area contributed by atoms with Crippen LogP contribution in [0.5, 0.6) is 0 Å². The Labute approximate surface area is 218 Å². The summed E-state index contributed by atoms with van der Waals surface area (Å²) in [6.45, 7) is 0.555. The molecule has 4 rings (SSSR count). The molecule has 0 aromatic carbocycles. The maximum absolute atomic E-state index is 12.9. The third-order valence-electron chi connectivity index (χ3n) is 5.34. The predicted octanol–water partition coefficient (Wildman–Crippen LogP) is 0.482. The van der Waals surface area contributed by atoms with E-state index >= 15 is 0 Å². The minimum absolute atomic E-state index is 0.0283. The van der Waals surface area contributed by atoms with E-state index in [1.807, 2.05) is 12.4 Å². The number of aromatic amines is 1. The zero-order chi connectivity index (χ0) is 25.7. The number of aliphatic carboxylic acids is 1. The topological polar surface area (TPSA) is 190 Å². The lowest BCUT2D eigenvalue weighted by atomic mass is 10.0. The van der Waals surface area contributed by atoms with Gasteiger partial charge in [0.25, 0.3) is 5.91 Å². The summed E-state index contributed by atoms with van der Waals surface area (Å²) in [6.07, 6.45) is 6.85. The van der Waals surface area contributed by atoms with Crippen molar-refractivity contribution in [3.63, 3.8) is 0 Å². The van der Waals surface area contributed by atoms with Gasteiger partial charge < -0.3 is 15.4 Å². The molecule has 1 saturated heterocycles. The van der Waals surface area contributed by atoms with Crippen molar-refractivity contribution in [3.8, 4) is 6.19 Å². The van der Waals surface area contributed by atoms with Gasteiger partial charge in [-0.1, -0.05) is 23.5 Å². The standard InChI is InChI=1S/C19H23N11O3S3/c1-29-19(26-27-28-29)36-8-10-7-35-15-12(14(31)30(15)13(10)16(32)33)25-17-22-6-11(24-17)4-3-5-21-18(34-2)23-9-20/h6,12,15H,3-5,7-8H2,1-2H3,(H,21,23)(H,32,33)(H2,22,24,25)/t12?,15-/m1/s1. The highest BCUT2D eigenvalue weighted by Gasteiger charge is 2.53. The molecule has 36 heavy (non-hydrogen) atoms. The second-order valence-electron chi connectivity index (χ2n) is 7.65. The molecule has 2 aromatic rings. The molecule has 2 aromatic heterocycles. The maximum atomic E-state index is 12.9. The third-order valence-corrected chi connectivity index (χ3v) is 8.40. The van der Waals surface area contributed by atoms with Gasteiger partial charge >= 0.3 is 5.97 Å². The van der Waals surface area contributed by atoms with Gasteiger partial charge in [0.15, 0.2) is 11.4 Å². The van der Waals surface area contributed by atoms with Crippen molar-refractivity contribution < 1.29 is 14.7 Å². The highest BCUT2D eigenvalue weighted by atomic mass is 32.2. The number of H-pyrrole nitrogens is 1. The van der Waals surface area contributed by atoms with Crippen LogP contribution in [-0.4, -0.2) is 92.9 Å². The van der Waals surface area contributed by atoms with Crippen molar-refractivity contribution in [2.45, 2.75) is 29.4 Å². The molecule has 2 atom stereocenters. The van der Waals surface area contributed by atoms with Gasteiger partial charge in [0.05, 0.1) is 6.20 Å². The molecule has 0 bridgehead atoms. The number of nitrogens with zero attached hydrogens (tertiary/aromatic N) is 8. The summed E-state index contributed by atoms with van der Waals surface area (Å²) >= 11 is 4.21. The van der Waals surface area contributed by atoms with Crippen molar-refractivity contribution in [3.05, 3.63) is 23.2 Å². The minimum Gasteiger partial charge on any atom is -0.477 e. The van der Waals surface area contributed by atoms with E-state index in [0.717, 1.165) is 12.1 Å². The van der Waals surface area contributed by atoms with Crippen molar-refractivity contribution in [2.24, 2.45) is 12.0 Å². The molecule has 0 spiro atoms. The fourth-order valence-corrected chi connectivity index (χ4v) is 6.35. The number of fused-ring (bicyclic) bond motifs is 1. The van der Waals surface area contributed by atoms with Crippen LogP contribution >= 0.6 is 35.3 Å². The molecule has 4 heterocycles. The number of β-lactam (4-membered cyclic amide) rings is 1. The predicted molar refractivity (Wildman–Crippen MR) is 136 cm³/mol. The molecular weight excluding hydrogens is 526 g/mol. The lowest BCUT2D eigenvalue weighted by Crippen LogP contribution is -2.67. The molecule has 1 amide bonds. The molecule has 2 aliphatic heterocycles. The van der Waals surface area contributed by atoms with E-state index in [9.17, 15) is 14.7 Å². The first-order valence-corrected chi connectivity index (χ1v) is 14.0. The van der Waals surface area contributed by atoms with Crippen LogP contribution in [0.3, 0.4) is 0 Å². The van der Waals surface area contributed by atoms with E-state index < -0.39 is 12.0 Å². The number of aryl methyl sites for hydroxylation is 2. The highest BCUT2D eigenvalue weighted by molar-refractivity contribution is 8.13. The zero-order valence-electron chi connectivity index (χ0n) is 19.3. The van der Waals surface area contributed by atoms with E-state index in [1.165, 1.54) is 44.9 Å². The number of nitriles is 1. The molecule has 0 radical (unpaired) electrons. The number of rotatable bonds is 10. The Bertz CT molecular complexity index is 1230. The summed E-state index contributed by atoms with van der Waals surface area (Å²) in [5.41, 5.74) is 1.57. The first kappa shape index (κ1) is 25.9. The van der Waals surface area contributed by atoms with E-state index in [1.54, 1.807) is 13.2 Å². The minimum atomic E-state index is -1.13. The van der Waals surface area contributed by atoms with Gasteiger partial charge in [0.1, 0.15) is 17.1 Å². The first-order valence-electron chi connectivity index (χ1n) is 10.7. The third kappa shape index (κ3) is 5.60. The van der Waals surface area contributed by atoms with Gasteiger partial charge in [-0.25, -0.2) is 14.5 Å². The number of hydrogen-bond donors (Lipinski definition) is 4. The SMILES string of the molecule is CSC(=NCCCc1cnc(NC2C(=O)N3C(C(=O)O)=C(CSc4nnnn4C)CS[C@H]23)[nH]1)NC#N. The summed E-state index contributed by atoms with van der Waals surface area (Å²) in [6, 6.07) is -0.578. The fourth-order valence-electron chi connectivity index (χ4n) is 3.65. The second kappa shape index (κ2) is 11.7. The van der Waals surface area contributed by atoms with Gasteiger partial charge in [0.2, 0.25) is 11.1 Å². The highest BCUT2D eigenvalue weighted by Crippen LogP contribution is 2.42. The average molecular weight is 550 g/mol. The molecule has 4 N–H and O–H groups in total. The number of carbonyl (C=O) groups excluding carboxylic acids is 1. The number of nitrogens with one attached hydrogen (secondary N) is 3. The molecule has 0 aliphatic carbocycles. The number of aliphatic imine (C=N–C) groups is 1. The van der Waals surface area contributed by atoms with Crippen LogP contribution < -0.4 is 10.6 Å². The maximum Gasteiger partial charge on any atom is 0.352 e. The summed E-state index contributed by atoms with van der Waals surface area (Å²) in [5.74, 6) is -0.130. The van der Waals surface area contributed by atoms with Crippen LogP contribution in [0.1, 0.15) is 12.1 Å². The number of carboxylic acid groups (broad SMARTS) is 1. The van der Waals surface area contributed by atoms with Gasteiger partial charge in [-0.2, -0.15) is 5.26 Å². The summed E-state index contributed by atoms with van der Waals surface area (Å²) in [4.78, 5) is 38.1. The molecule has 190 valence electrons. The average Bonchev–Trinajstić information content (AvgIpc) is 3.50. The number of tetrazole rings is 1. The molecule has 2 aliphatic rings. The number of carboxylic acids is 1. The van der Waals surface area contributed by atoms with Crippen molar-refractivity contribution in [1.82, 2.24) is 40.4 Å². The fraction of sp³-hybridized carbons (Fsp3) is 0.474. The largest absolute Gasteiger partial charge is 0.477 e. The van der Waals surface area contributed by atoms with E-state index in [0.29, 0.717) is 46.3 Å². The molecule has 1 unspecified atom stereocenters. The molecule has 1 fully saturated rings. The Morgan fingerprint density at radius 1 is 1.50 bits per heavy atom. The van der Waals surface area contributed by atoms with E-state index in [4.69, 9.17) is 5.26 Å². The van der Waals surface area contributed by atoms with Crippen LogP contribution in [-0.2, 0) is 23.1 Å². The smallest absolute Gasteiger partial charge is 0.352 e. The number of aromatic nitrogens is 6. The number of carbonyl (C=O) groups is 2. The number of thioether (sulfide) groups is 3. The van der Waals surface area contributed by atoms with Crippen molar-refractivity contribution >= 4 is 58.3 Å². The van der Waals surface area contributed by atoms with Gasteiger partial charge in [-0.05, 0) is 35.1 Å². The Hall–Kier alpha value is -3.23. The van der Waals surface area contributed by atoms with E-state index in [2.05, 4.69) is 41.1 Å². The van der Waals surface area contributed by atoms with Crippen molar-refractivity contribution in [2.75, 3.05) is 29.6 Å². The monoisotopic (exact) mass is 549 g/mol. The zero-order valence-corrected chi connectivity index (χ0v) is 21.8. The summed E-state index contributed by atoms with van der Waals surface area (Å²) in [5, 5.41) is 36.2. The van der Waals surface area contributed by atoms with Crippen LogP contribution in [0.25, 0.3) is 0 Å². The Morgan fingerprint density at radius 3 is 3.03 bits per heavy atom. The Balaban J connectivity index is 1.34.